The number of carbonyl (C=O) groups is 2. The normalized spacial score (nSPS) is 21.1. The summed E-state index contributed by atoms with van der Waals surface area (Å²) in [5.74, 6) is 0.541. The number of nitrogens with one attached hydrogen (secondary N) is 1. The lowest BCUT2D eigenvalue weighted by atomic mass is 9.84. The molecular formula is C25H33N5O4. The first-order chi connectivity index (χ1) is 16.3. The van der Waals surface area contributed by atoms with Crippen LogP contribution in [0.1, 0.15) is 62.7 Å². The smallest absolute Gasteiger partial charge is 0.335 e. The number of nitrogens with zero attached hydrogens (tertiary/aromatic N) is 4. The molecule has 1 atom stereocenters. The number of aromatic nitrogens is 2. The predicted octanol–water partition coefficient (Wildman–Crippen LogP) is 4.46. The minimum absolute atomic E-state index is 0.0739. The number of carboxylic acids is 1. The molecule has 1 fully saturated rings. The highest BCUT2D eigenvalue weighted by molar-refractivity contribution is 6.01. The third-order valence-corrected chi connectivity index (χ3v) is 7.21. The summed E-state index contributed by atoms with van der Waals surface area (Å²) in [6.07, 6.45) is 8.17. The van der Waals surface area contributed by atoms with E-state index in [4.69, 9.17) is 9.72 Å². The van der Waals surface area contributed by atoms with Crippen LogP contribution in [0.25, 0.3) is 0 Å². The van der Waals surface area contributed by atoms with E-state index in [9.17, 15) is 14.7 Å². The Balaban J connectivity index is 1.75. The topological polar surface area (TPSA) is 108 Å². The van der Waals surface area contributed by atoms with E-state index in [1.165, 1.54) is 38.5 Å². The van der Waals surface area contributed by atoms with Crippen molar-refractivity contribution >= 4 is 35.0 Å². The lowest BCUT2D eigenvalue weighted by molar-refractivity contribution is -0.126. The molecular weight excluding hydrogens is 434 g/mol. The molecule has 9 heteroatoms. The summed E-state index contributed by atoms with van der Waals surface area (Å²) in [5, 5.41) is 12.4. The highest BCUT2D eigenvalue weighted by atomic mass is 16.5. The Morgan fingerprint density at radius 2 is 2.03 bits per heavy atom. The van der Waals surface area contributed by atoms with Crippen LogP contribution in [0.15, 0.2) is 24.4 Å². The number of carboxylic acid groups (broad SMARTS) is 1. The number of fused-ring (bicyclic) bond motifs is 1. The Hall–Kier alpha value is -3.36. The summed E-state index contributed by atoms with van der Waals surface area (Å²) in [6, 6.07) is 4.93. The SMILES string of the molecule is CC[C@]1(C)CN(C2CCCCC2)c2nc(Nc3ccc(C(=O)O)cc3OC)ncc2N(C)C1=O. The van der Waals surface area contributed by atoms with Crippen molar-refractivity contribution in [2.75, 3.05) is 35.8 Å². The van der Waals surface area contributed by atoms with Crippen molar-refractivity contribution in [2.24, 2.45) is 5.41 Å². The number of benzene rings is 1. The van der Waals surface area contributed by atoms with Gasteiger partial charge in [0.2, 0.25) is 11.9 Å². The van der Waals surface area contributed by atoms with Gasteiger partial charge in [-0.05, 0) is 44.4 Å². The summed E-state index contributed by atoms with van der Waals surface area (Å²) in [6.45, 7) is 4.71. The van der Waals surface area contributed by atoms with Crippen molar-refractivity contribution in [3.05, 3.63) is 30.0 Å². The number of anilines is 4. The van der Waals surface area contributed by atoms with E-state index in [1.807, 2.05) is 6.92 Å². The van der Waals surface area contributed by atoms with Gasteiger partial charge in [0.25, 0.3) is 0 Å². The Labute approximate surface area is 200 Å². The van der Waals surface area contributed by atoms with Gasteiger partial charge in [-0.1, -0.05) is 26.2 Å². The highest BCUT2D eigenvalue weighted by Gasteiger charge is 2.43. The molecule has 2 heterocycles. The molecule has 2 N–H and O–H groups in total. The van der Waals surface area contributed by atoms with Gasteiger partial charge in [0.15, 0.2) is 5.82 Å². The van der Waals surface area contributed by atoms with E-state index in [0.717, 1.165) is 25.1 Å². The van der Waals surface area contributed by atoms with Crippen LogP contribution in [0.5, 0.6) is 5.75 Å². The van der Waals surface area contributed by atoms with Crippen LogP contribution in [0.2, 0.25) is 0 Å². The summed E-state index contributed by atoms with van der Waals surface area (Å²) in [7, 11) is 3.28. The first-order valence-electron chi connectivity index (χ1n) is 11.9. The number of hydrogen-bond acceptors (Lipinski definition) is 7. The zero-order valence-corrected chi connectivity index (χ0v) is 20.3. The third-order valence-electron chi connectivity index (χ3n) is 7.21. The molecule has 1 aliphatic heterocycles. The molecule has 4 rings (SSSR count). The fourth-order valence-electron chi connectivity index (χ4n) is 4.91. The van der Waals surface area contributed by atoms with Crippen molar-refractivity contribution in [2.45, 2.75) is 58.4 Å². The van der Waals surface area contributed by atoms with Gasteiger partial charge in [0.05, 0.1) is 30.0 Å². The van der Waals surface area contributed by atoms with E-state index in [2.05, 4.69) is 22.1 Å². The van der Waals surface area contributed by atoms with Gasteiger partial charge in [0.1, 0.15) is 11.4 Å². The zero-order chi connectivity index (χ0) is 24.5. The fourth-order valence-corrected chi connectivity index (χ4v) is 4.91. The minimum atomic E-state index is -1.03. The van der Waals surface area contributed by atoms with Gasteiger partial charge in [-0.3, -0.25) is 4.79 Å². The molecule has 0 bridgehead atoms. The van der Waals surface area contributed by atoms with Crippen molar-refractivity contribution < 1.29 is 19.4 Å². The number of rotatable bonds is 6. The van der Waals surface area contributed by atoms with Gasteiger partial charge < -0.3 is 25.0 Å². The number of carbonyl (C=O) groups excluding carboxylic acids is 1. The zero-order valence-electron chi connectivity index (χ0n) is 20.3. The fraction of sp³-hybridized carbons (Fsp3) is 0.520. The van der Waals surface area contributed by atoms with Gasteiger partial charge in [-0.25, -0.2) is 9.78 Å². The molecule has 2 aromatic rings. The summed E-state index contributed by atoms with van der Waals surface area (Å²) >= 11 is 0. The quantitative estimate of drug-likeness (QED) is 0.641. The molecule has 1 amide bonds. The first-order valence-corrected chi connectivity index (χ1v) is 11.9. The van der Waals surface area contributed by atoms with Crippen molar-refractivity contribution in [3.8, 4) is 5.75 Å². The number of hydrogen-bond donors (Lipinski definition) is 2. The van der Waals surface area contributed by atoms with E-state index < -0.39 is 11.4 Å². The standard InChI is InChI=1S/C25H33N5O4/c1-5-25(2)15-30(17-9-7-6-8-10-17)21-19(29(3)23(25)33)14-26-24(28-21)27-18-12-11-16(22(31)32)13-20(18)34-4/h11-14,17H,5-10,15H2,1-4H3,(H,31,32)(H,26,27,28)/t25-/m1/s1. The number of methoxy groups -OCH3 is 1. The predicted molar refractivity (Wildman–Crippen MR) is 131 cm³/mol. The van der Waals surface area contributed by atoms with Crippen LogP contribution in [-0.4, -0.2) is 53.7 Å². The highest BCUT2D eigenvalue weighted by Crippen LogP contribution is 2.41. The Bertz CT molecular complexity index is 1080. The van der Waals surface area contributed by atoms with E-state index in [0.29, 0.717) is 35.7 Å². The lowest BCUT2D eigenvalue weighted by Gasteiger charge is -2.38. The molecule has 1 aromatic heterocycles. The van der Waals surface area contributed by atoms with Crippen LogP contribution in [0.4, 0.5) is 23.1 Å². The molecule has 182 valence electrons. The summed E-state index contributed by atoms with van der Waals surface area (Å²) in [5.41, 5.74) is 0.878. The van der Waals surface area contributed by atoms with Crippen LogP contribution in [0.3, 0.4) is 0 Å². The molecule has 0 radical (unpaired) electrons. The molecule has 34 heavy (non-hydrogen) atoms. The van der Waals surface area contributed by atoms with Crippen LogP contribution < -0.4 is 19.9 Å². The number of amides is 1. The van der Waals surface area contributed by atoms with Crippen molar-refractivity contribution in [1.82, 2.24) is 9.97 Å². The minimum Gasteiger partial charge on any atom is -0.495 e. The Kier molecular flexibility index (Phi) is 6.63. The Morgan fingerprint density at radius 3 is 2.68 bits per heavy atom. The average Bonchev–Trinajstić information content (AvgIpc) is 2.94. The van der Waals surface area contributed by atoms with E-state index in [-0.39, 0.29) is 11.5 Å². The monoisotopic (exact) mass is 467 g/mol. The molecule has 0 saturated heterocycles. The second-order valence-electron chi connectivity index (χ2n) is 9.45. The number of ether oxygens (including phenoxy) is 1. The second kappa shape index (κ2) is 9.48. The van der Waals surface area contributed by atoms with Gasteiger partial charge in [0, 0.05) is 19.6 Å². The van der Waals surface area contributed by atoms with Crippen LogP contribution >= 0.6 is 0 Å². The molecule has 1 aromatic carbocycles. The lowest BCUT2D eigenvalue weighted by Crippen LogP contribution is -2.47. The average molecular weight is 468 g/mol. The maximum absolute atomic E-state index is 13.4. The molecule has 1 saturated carbocycles. The Morgan fingerprint density at radius 1 is 1.29 bits per heavy atom. The van der Waals surface area contributed by atoms with Crippen molar-refractivity contribution in [1.29, 1.82) is 0 Å². The third kappa shape index (κ3) is 4.38. The van der Waals surface area contributed by atoms with Gasteiger partial charge in [-0.2, -0.15) is 4.98 Å². The van der Waals surface area contributed by atoms with E-state index >= 15 is 0 Å². The molecule has 0 unspecified atom stereocenters. The maximum atomic E-state index is 13.4. The maximum Gasteiger partial charge on any atom is 0.335 e. The van der Waals surface area contributed by atoms with E-state index in [1.54, 1.807) is 24.2 Å². The van der Waals surface area contributed by atoms with Gasteiger partial charge >= 0.3 is 5.97 Å². The van der Waals surface area contributed by atoms with Crippen LogP contribution in [0, 0.1) is 5.41 Å². The molecule has 2 aliphatic rings. The van der Waals surface area contributed by atoms with Crippen molar-refractivity contribution in [3.63, 3.8) is 0 Å². The largest absolute Gasteiger partial charge is 0.495 e. The molecule has 0 spiro atoms. The van der Waals surface area contributed by atoms with Crippen LogP contribution in [-0.2, 0) is 4.79 Å². The first kappa shape index (κ1) is 23.8. The molecule has 1 aliphatic carbocycles. The second-order valence-corrected chi connectivity index (χ2v) is 9.45. The summed E-state index contributed by atoms with van der Waals surface area (Å²) in [4.78, 5) is 38.1. The molecule has 9 nitrogen and oxygen atoms in total. The van der Waals surface area contributed by atoms with Gasteiger partial charge in [-0.15, -0.1) is 0 Å². The number of aromatic carboxylic acids is 1. The summed E-state index contributed by atoms with van der Waals surface area (Å²) < 4.78 is 5.39.